The summed E-state index contributed by atoms with van der Waals surface area (Å²) >= 11 is 0. The zero-order valence-electron chi connectivity index (χ0n) is 48.7. The Bertz CT molecular complexity index is 3580. The largest absolute Gasteiger partial charge is 0.456 e. The molecule has 452 valence electrons. The number of carbonyl (C=O) groups excluding carboxylic acids is 5. The lowest BCUT2D eigenvalue weighted by atomic mass is 9.92. The van der Waals surface area contributed by atoms with E-state index in [-0.39, 0.29) is 110 Å². The molecular formula is C67H62F6N9O6+. The molecule has 10 rings (SSSR count). The van der Waals surface area contributed by atoms with E-state index in [9.17, 15) is 41.7 Å². The summed E-state index contributed by atoms with van der Waals surface area (Å²) in [5.74, 6) is -1.48. The number of nitriles is 2. The highest BCUT2D eigenvalue weighted by Crippen LogP contribution is 2.47. The number of alkyl halides is 6. The average Bonchev–Trinajstić information content (AvgIpc) is 1.97. The highest BCUT2D eigenvalue weighted by atomic mass is 19.4. The standard InChI is InChI=1S/C67H62F6N9O6/c1-65(2,3)88-56(83)43-82(4,33-13-31-76-41-54-57(61(76)84)59(48-27-23-44(37-74)24-28-48)78(39-46-15-7-5-8-16-46)63(86)80(54)52-21-11-19-50(35-52)66(68,69)70)34-14-32-77-42-55-58(62(77)85)60(49-29-25-45(38-75)26-30-49)79(40-47-17-9-6-10-18-47)64(87)81(55)53-22-12-20-51(36-53)67(71,72)73/h5-12,15-30,35-36,59-60H,13-14,31-34,39-43H2,1-4H3/q+1/t59-,60-/m1/s1. The van der Waals surface area contributed by atoms with Gasteiger partial charge < -0.3 is 28.8 Å². The highest BCUT2D eigenvalue weighted by Gasteiger charge is 2.51. The number of carbonyl (C=O) groups is 5. The van der Waals surface area contributed by atoms with Crippen LogP contribution in [0.15, 0.2) is 180 Å². The van der Waals surface area contributed by atoms with Crippen LogP contribution in [0.4, 0.5) is 47.3 Å². The number of hydrogen-bond donors (Lipinski definition) is 0. The van der Waals surface area contributed by atoms with Crippen LogP contribution in [0.5, 0.6) is 0 Å². The van der Waals surface area contributed by atoms with Crippen molar-refractivity contribution < 1.29 is 59.5 Å². The van der Waals surface area contributed by atoms with Gasteiger partial charge in [0.1, 0.15) is 5.60 Å². The van der Waals surface area contributed by atoms with Crippen molar-refractivity contribution in [2.24, 2.45) is 0 Å². The van der Waals surface area contributed by atoms with Gasteiger partial charge in [0.05, 0.1) is 114 Å². The van der Waals surface area contributed by atoms with E-state index in [4.69, 9.17) is 4.74 Å². The Morgan fingerprint density at radius 3 is 1.30 bits per heavy atom. The van der Waals surface area contributed by atoms with E-state index in [1.165, 1.54) is 53.7 Å². The highest BCUT2D eigenvalue weighted by molar-refractivity contribution is 6.09. The topological polar surface area (TPSA) is 162 Å². The van der Waals surface area contributed by atoms with Crippen molar-refractivity contribution in [1.29, 1.82) is 10.5 Å². The number of esters is 1. The van der Waals surface area contributed by atoms with E-state index >= 15 is 19.2 Å². The van der Waals surface area contributed by atoms with Gasteiger partial charge in [-0.15, -0.1) is 0 Å². The Morgan fingerprint density at radius 1 is 0.557 bits per heavy atom. The fraction of sp³-hybridized carbons (Fsp3) is 0.299. The molecule has 15 nitrogen and oxygen atoms in total. The van der Waals surface area contributed by atoms with E-state index in [1.54, 1.807) is 130 Å². The molecule has 6 aromatic carbocycles. The first-order valence-corrected chi connectivity index (χ1v) is 28.6. The molecule has 2 atom stereocenters. The van der Waals surface area contributed by atoms with Gasteiger partial charge in [0.25, 0.3) is 11.8 Å². The van der Waals surface area contributed by atoms with Crippen molar-refractivity contribution in [3.8, 4) is 12.1 Å². The quantitative estimate of drug-likeness (QED) is 0.0467. The van der Waals surface area contributed by atoms with Crippen molar-refractivity contribution >= 4 is 41.2 Å². The molecule has 0 saturated heterocycles. The lowest BCUT2D eigenvalue weighted by molar-refractivity contribution is -0.903. The van der Waals surface area contributed by atoms with E-state index in [0.717, 1.165) is 24.3 Å². The van der Waals surface area contributed by atoms with Gasteiger partial charge in [0, 0.05) is 39.0 Å². The maximum absolute atomic E-state index is 15.2. The number of halogens is 6. The molecule has 88 heavy (non-hydrogen) atoms. The molecule has 21 heteroatoms. The Hall–Kier alpha value is -9.73. The predicted molar refractivity (Wildman–Crippen MR) is 313 cm³/mol. The summed E-state index contributed by atoms with van der Waals surface area (Å²) in [6, 6.07) is 40.2. The summed E-state index contributed by atoms with van der Waals surface area (Å²) in [4.78, 5) is 82.8. The van der Waals surface area contributed by atoms with Crippen LogP contribution in [0.3, 0.4) is 0 Å². The first kappa shape index (κ1) is 61.4. The second-order valence-electron chi connectivity index (χ2n) is 23.5. The second kappa shape index (κ2) is 24.6. The molecule has 4 heterocycles. The molecule has 6 aromatic rings. The molecule has 0 spiro atoms. The number of urea groups is 2. The number of nitrogens with zero attached hydrogens (tertiary/aromatic N) is 9. The number of amides is 6. The summed E-state index contributed by atoms with van der Waals surface area (Å²) in [7, 11) is 1.83. The summed E-state index contributed by atoms with van der Waals surface area (Å²) < 4.78 is 91.9. The smallest absolute Gasteiger partial charge is 0.416 e. The van der Waals surface area contributed by atoms with Crippen molar-refractivity contribution in [3.63, 3.8) is 0 Å². The SMILES string of the molecule is CC(C)(C)OC(=O)C[N+](C)(CCCN1CC2=C(C1=O)[C@@H](c1ccc(C#N)cc1)N(Cc1ccccc1)C(=O)N2c1cccc(C(F)(F)F)c1)CCCN1CC2=C(C1=O)[C@@H](c1ccc(C#N)cc1)N(Cc1ccccc1)C(=O)N2c1cccc(C(F)(F)F)c1. The van der Waals surface area contributed by atoms with Crippen molar-refractivity contribution in [2.45, 2.75) is 76.7 Å². The normalized spacial score (nSPS) is 17.4. The molecule has 4 aliphatic heterocycles. The fourth-order valence-corrected chi connectivity index (χ4v) is 12.0. The minimum Gasteiger partial charge on any atom is -0.456 e. The third kappa shape index (κ3) is 13.0. The first-order valence-electron chi connectivity index (χ1n) is 28.6. The van der Waals surface area contributed by atoms with Crippen LogP contribution in [0, 0.1) is 22.7 Å². The molecule has 6 amide bonds. The Labute approximate surface area is 505 Å². The number of ether oxygens (including phenoxy) is 1. The minimum atomic E-state index is -4.76. The molecule has 0 saturated carbocycles. The Morgan fingerprint density at radius 2 is 0.943 bits per heavy atom. The Balaban J connectivity index is 0.938. The van der Waals surface area contributed by atoms with E-state index in [1.807, 2.05) is 7.05 Å². The molecule has 0 aromatic heterocycles. The van der Waals surface area contributed by atoms with Crippen LogP contribution >= 0.6 is 0 Å². The first-order chi connectivity index (χ1) is 41.8. The summed E-state index contributed by atoms with van der Waals surface area (Å²) in [5, 5.41) is 19.4. The minimum absolute atomic E-state index is 0.0282. The maximum Gasteiger partial charge on any atom is 0.416 e. The molecule has 0 aliphatic carbocycles. The molecular weight excluding hydrogens is 1140 g/mol. The third-order valence-electron chi connectivity index (χ3n) is 16.1. The summed E-state index contributed by atoms with van der Waals surface area (Å²) in [5.41, 5.74) is 0.626. The van der Waals surface area contributed by atoms with E-state index in [0.29, 0.717) is 33.4 Å². The van der Waals surface area contributed by atoms with Crippen LogP contribution in [0.2, 0.25) is 0 Å². The number of benzene rings is 6. The van der Waals surface area contributed by atoms with Crippen molar-refractivity contribution in [1.82, 2.24) is 19.6 Å². The second-order valence-corrected chi connectivity index (χ2v) is 23.5. The number of quaternary nitrogens is 1. The third-order valence-corrected chi connectivity index (χ3v) is 16.1. The molecule has 0 unspecified atom stereocenters. The fourth-order valence-electron chi connectivity index (χ4n) is 12.0. The predicted octanol–water partition coefficient (Wildman–Crippen LogP) is 12.3. The van der Waals surface area contributed by atoms with Crippen LogP contribution < -0.4 is 9.80 Å². The van der Waals surface area contributed by atoms with Gasteiger partial charge in [-0.1, -0.05) is 97.1 Å². The van der Waals surface area contributed by atoms with Gasteiger partial charge in [-0.3, -0.25) is 19.4 Å². The lowest BCUT2D eigenvalue weighted by Gasteiger charge is -2.42. The molecule has 0 fully saturated rings. The molecule has 4 aliphatic rings. The number of likely N-dealkylation sites (N-methyl/N-ethyl adjacent to an activating group) is 1. The van der Waals surface area contributed by atoms with Crippen LogP contribution in [-0.4, -0.2) is 112 Å². The average molecular weight is 1200 g/mol. The van der Waals surface area contributed by atoms with Gasteiger partial charge in [-0.25, -0.2) is 14.4 Å². The van der Waals surface area contributed by atoms with Gasteiger partial charge in [0.15, 0.2) is 6.54 Å². The van der Waals surface area contributed by atoms with Crippen LogP contribution in [0.25, 0.3) is 0 Å². The van der Waals surface area contributed by atoms with E-state index in [2.05, 4.69) is 12.1 Å². The number of anilines is 2. The number of hydrogen-bond acceptors (Lipinski definition) is 8. The van der Waals surface area contributed by atoms with E-state index < -0.39 is 71.0 Å². The van der Waals surface area contributed by atoms with Crippen molar-refractivity contribution in [3.05, 3.63) is 225 Å². The molecule has 0 bridgehead atoms. The number of rotatable bonds is 18. The molecule has 0 radical (unpaired) electrons. The zero-order valence-corrected chi connectivity index (χ0v) is 48.7. The Kier molecular flexibility index (Phi) is 17.1. The maximum atomic E-state index is 15.2. The van der Waals surface area contributed by atoms with Gasteiger partial charge in [-0.05, 0) is 104 Å². The lowest BCUT2D eigenvalue weighted by Crippen LogP contribution is -2.51. The van der Waals surface area contributed by atoms with Gasteiger partial charge in [-0.2, -0.15) is 36.9 Å². The monoisotopic (exact) mass is 1200 g/mol. The van der Waals surface area contributed by atoms with Crippen LogP contribution in [-0.2, 0) is 44.6 Å². The van der Waals surface area contributed by atoms with Crippen molar-refractivity contribution in [2.75, 3.05) is 62.7 Å². The van der Waals surface area contributed by atoms with Gasteiger partial charge >= 0.3 is 30.4 Å². The van der Waals surface area contributed by atoms with Gasteiger partial charge in [0.2, 0.25) is 0 Å². The summed E-state index contributed by atoms with van der Waals surface area (Å²) in [6.45, 7) is 5.26. The summed E-state index contributed by atoms with van der Waals surface area (Å²) in [6.07, 6.45) is -9.01. The van der Waals surface area contributed by atoms with Crippen LogP contribution in [0.1, 0.15) is 90.2 Å². The zero-order chi connectivity index (χ0) is 62.9. The molecule has 0 N–H and O–H groups in total.